The summed E-state index contributed by atoms with van der Waals surface area (Å²) in [5, 5.41) is 6.38. The molecule has 1 atom stereocenters. The summed E-state index contributed by atoms with van der Waals surface area (Å²) >= 11 is 0. The summed E-state index contributed by atoms with van der Waals surface area (Å²) < 4.78 is 0. The van der Waals surface area contributed by atoms with Gasteiger partial charge in [0.2, 0.25) is 0 Å². The maximum absolute atomic E-state index is 12.6. The number of nitrogens with one attached hydrogen (secondary N) is 2. The summed E-state index contributed by atoms with van der Waals surface area (Å²) in [6.07, 6.45) is 1.89. The SMILES string of the molecule is CC.CC.CC.O=C(NC(Nc1ccccc1)C1=Nc2ccccc2C1)c1ccccn1. The molecule has 170 valence electrons. The number of hydrogen-bond donors (Lipinski definition) is 2. The molecule has 0 saturated carbocycles. The number of carbonyl (C=O) groups excluding carboxylic acids is 1. The molecule has 0 spiro atoms. The van der Waals surface area contributed by atoms with Crippen molar-refractivity contribution in [3.05, 3.63) is 90.3 Å². The number of anilines is 1. The molecule has 4 rings (SSSR count). The van der Waals surface area contributed by atoms with Crippen LogP contribution < -0.4 is 10.6 Å². The van der Waals surface area contributed by atoms with E-state index in [1.807, 2.05) is 90.1 Å². The van der Waals surface area contributed by atoms with E-state index < -0.39 is 6.17 Å². The first-order valence-electron chi connectivity index (χ1n) is 11.5. The van der Waals surface area contributed by atoms with Crippen molar-refractivity contribution in [1.82, 2.24) is 10.3 Å². The monoisotopic (exact) mass is 432 g/mol. The number of rotatable bonds is 5. The zero-order chi connectivity index (χ0) is 23.8. The van der Waals surface area contributed by atoms with Gasteiger partial charge in [0.1, 0.15) is 11.9 Å². The molecule has 0 radical (unpaired) electrons. The lowest BCUT2D eigenvalue weighted by molar-refractivity contribution is 0.0945. The van der Waals surface area contributed by atoms with Crippen molar-refractivity contribution < 1.29 is 4.79 Å². The number of aliphatic imine (C=N–C) groups is 1. The Morgan fingerprint density at radius 2 is 1.44 bits per heavy atom. The number of pyridine rings is 1. The largest absolute Gasteiger partial charge is 0.361 e. The molecule has 1 aliphatic rings. The summed E-state index contributed by atoms with van der Waals surface area (Å²) in [5.74, 6) is -0.238. The Labute approximate surface area is 193 Å². The van der Waals surface area contributed by atoms with E-state index in [0.29, 0.717) is 12.1 Å². The standard InChI is InChI=1S/C21H18N4O.3C2H6/c26-21(18-12-6-7-13-22-18)25-20(23-16-9-2-1-3-10-16)19-14-15-8-4-5-11-17(15)24-19;3*1-2/h1-13,20,23H,14H2,(H,25,26);3*1-2H3. The van der Waals surface area contributed by atoms with E-state index in [1.165, 1.54) is 0 Å². The second-order valence-electron chi connectivity index (χ2n) is 6.04. The topological polar surface area (TPSA) is 66.4 Å². The summed E-state index contributed by atoms with van der Waals surface area (Å²) in [7, 11) is 0. The number of nitrogens with zero attached hydrogens (tertiary/aromatic N) is 2. The van der Waals surface area contributed by atoms with Crippen LogP contribution in [0.5, 0.6) is 0 Å². The van der Waals surface area contributed by atoms with Crippen molar-refractivity contribution >= 4 is 23.0 Å². The molecule has 32 heavy (non-hydrogen) atoms. The van der Waals surface area contributed by atoms with Crippen molar-refractivity contribution in [3.8, 4) is 0 Å². The number of fused-ring (bicyclic) bond motifs is 1. The van der Waals surface area contributed by atoms with Gasteiger partial charge in [-0.25, -0.2) is 0 Å². The maximum Gasteiger partial charge on any atom is 0.271 e. The highest BCUT2D eigenvalue weighted by Gasteiger charge is 2.24. The summed E-state index contributed by atoms with van der Waals surface area (Å²) in [6.45, 7) is 12.0. The van der Waals surface area contributed by atoms with Gasteiger partial charge in [-0.3, -0.25) is 14.8 Å². The molecule has 1 aromatic heterocycles. The number of carbonyl (C=O) groups is 1. The molecule has 1 amide bonds. The fourth-order valence-electron chi connectivity index (χ4n) is 2.93. The van der Waals surface area contributed by atoms with Crippen molar-refractivity contribution in [2.75, 3.05) is 5.32 Å². The van der Waals surface area contributed by atoms with Gasteiger partial charge in [-0.2, -0.15) is 0 Å². The second-order valence-corrected chi connectivity index (χ2v) is 6.04. The van der Waals surface area contributed by atoms with E-state index in [0.717, 1.165) is 22.6 Å². The molecule has 5 heteroatoms. The maximum atomic E-state index is 12.6. The summed E-state index contributed by atoms with van der Waals surface area (Å²) in [5.41, 5.74) is 4.28. The van der Waals surface area contributed by atoms with Crippen LogP contribution in [0.15, 0.2) is 84.0 Å². The van der Waals surface area contributed by atoms with E-state index in [-0.39, 0.29) is 5.91 Å². The highest BCUT2D eigenvalue weighted by molar-refractivity contribution is 6.03. The normalized spacial score (nSPS) is 11.5. The van der Waals surface area contributed by atoms with E-state index in [4.69, 9.17) is 4.99 Å². The first kappa shape index (κ1) is 26.6. The third kappa shape index (κ3) is 7.65. The molecule has 2 N–H and O–H groups in total. The smallest absolute Gasteiger partial charge is 0.271 e. The quantitative estimate of drug-likeness (QED) is 0.443. The van der Waals surface area contributed by atoms with Crippen LogP contribution in [0.1, 0.15) is 57.6 Å². The Morgan fingerprint density at radius 1 is 0.812 bits per heavy atom. The Bertz CT molecular complexity index is 940. The number of aromatic nitrogens is 1. The van der Waals surface area contributed by atoms with Gasteiger partial charge in [-0.05, 0) is 35.9 Å². The van der Waals surface area contributed by atoms with Gasteiger partial charge in [0.05, 0.1) is 11.4 Å². The van der Waals surface area contributed by atoms with Crippen LogP contribution in [-0.2, 0) is 6.42 Å². The lowest BCUT2D eigenvalue weighted by Crippen LogP contribution is -2.46. The fraction of sp³-hybridized carbons (Fsp3) is 0.296. The van der Waals surface area contributed by atoms with Crippen LogP contribution in [-0.4, -0.2) is 22.8 Å². The van der Waals surface area contributed by atoms with Gasteiger partial charge in [-0.1, -0.05) is 84.0 Å². The number of hydrogen-bond acceptors (Lipinski definition) is 4. The van der Waals surface area contributed by atoms with Crippen molar-refractivity contribution in [2.24, 2.45) is 4.99 Å². The first-order chi connectivity index (χ1) is 15.8. The van der Waals surface area contributed by atoms with E-state index in [9.17, 15) is 4.79 Å². The van der Waals surface area contributed by atoms with Crippen molar-refractivity contribution in [3.63, 3.8) is 0 Å². The molecule has 2 aromatic carbocycles. The van der Waals surface area contributed by atoms with Crippen LogP contribution in [0.25, 0.3) is 0 Å². The minimum absolute atomic E-state index is 0.238. The Morgan fingerprint density at radius 3 is 2.06 bits per heavy atom. The molecule has 2 heterocycles. The Hall–Kier alpha value is -3.47. The molecular formula is C27H36N4O. The molecule has 0 saturated heterocycles. The predicted octanol–water partition coefficient (Wildman–Crippen LogP) is 6.66. The van der Waals surface area contributed by atoms with E-state index >= 15 is 0 Å². The molecule has 1 unspecified atom stereocenters. The Balaban J connectivity index is 0.000000789. The number of amides is 1. The van der Waals surface area contributed by atoms with E-state index in [1.54, 1.807) is 24.4 Å². The molecule has 0 bridgehead atoms. The highest BCUT2D eigenvalue weighted by Crippen LogP contribution is 2.27. The summed E-state index contributed by atoms with van der Waals surface area (Å²) in [6, 6.07) is 23.1. The Kier molecular flexibility index (Phi) is 12.7. The minimum atomic E-state index is -0.417. The van der Waals surface area contributed by atoms with Gasteiger partial charge in [0.25, 0.3) is 5.91 Å². The van der Waals surface area contributed by atoms with Gasteiger partial charge < -0.3 is 10.6 Å². The fourth-order valence-corrected chi connectivity index (χ4v) is 2.93. The van der Waals surface area contributed by atoms with Crippen LogP contribution >= 0.6 is 0 Å². The van der Waals surface area contributed by atoms with Crippen LogP contribution in [0, 0.1) is 0 Å². The molecule has 0 fully saturated rings. The van der Waals surface area contributed by atoms with Crippen molar-refractivity contribution in [1.29, 1.82) is 0 Å². The van der Waals surface area contributed by atoms with Gasteiger partial charge in [0.15, 0.2) is 0 Å². The average Bonchev–Trinajstić information content (AvgIpc) is 3.33. The minimum Gasteiger partial charge on any atom is -0.361 e. The lowest BCUT2D eigenvalue weighted by Gasteiger charge is -2.21. The number of benzene rings is 2. The molecule has 0 aliphatic carbocycles. The predicted molar refractivity (Wildman–Crippen MR) is 137 cm³/mol. The zero-order valence-corrected chi connectivity index (χ0v) is 20.1. The van der Waals surface area contributed by atoms with Crippen molar-refractivity contribution in [2.45, 2.75) is 54.1 Å². The molecule has 1 aliphatic heterocycles. The summed E-state index contributed by atoms with van der Waals surface area (Å²) in [4.78, 5) is 21.4. The third-order valence-corrected chi connectivity index (χ3v) is 4.22. The van der Waals surface area contributed by atoms with Crippen LogP contribution in [0.3, 0.4) is 0 Å². The molecule has 3 aromatic rings. The van der Waals surface area contributed by atoms with Gasteiger partial charge >= 0.3 is 0 Å². The molecular weight excluding hydrogens is 396 g/mol. The van der Waals surface area contributed by atoms with Gasteiger partial charge in [-0.15, -0.1) is 0 Å². The molecule has 5 nitrogen and oxygen atoms in total. The van der Waals surface area contributed by atoms with E-state index in [2.05, 4.69) is 21.7 Å². The second kappa shape index (κ2) is 15.3. The first-order valence-corrected chi connectivity index (χ1v) is 11.5. The number of para-hydroxylation sites is 2. The van der Waals surface area contributed by atoms with Gasteiger partial charge in [0, 0.05) is 18.3 Å². The van der Waals surface area contributed by atoms with Crippen LogP contribution in [0.4, 0.5) is 11.4 Å². The highest BCUT2D eigenvalue weighted by atomic mass is 16.2. The van der Waals surface area contributed by atoms with Crippen LogP contribution in [0.2, 0.25) is 0 Å². The zero-order valence-electron chi connectivity index (χ0n) is 20.1. The lowest BCUT2D eigenvalue weighted by atomic mass is 10.1. The average molecular weight is 433 g/mol. The third-order valence-electron chi connectivity index (χ3n) is 4.22.